The summed E-state index contributed by atoms with van der Waals surface area (Å²) in [5, 5.41) is 19.8. The largest absolute Gasteiger partial charge is 0.316 e. The van der Waals surface area contributed by atoms with Crippen LogP contribution in [0, 0.1) is 5.92 Å². The highest BCUT2D eigenvalue weighted by atomic mass is 32.1. The van der Waals surface area contributed by atoms with Gasteiger partial charge < -0.3 is 5.32 Å². The van der Waals surface area contributed by atoms with Gasteiger partial charge in [-0.3, -0.25) is 4.79 Å². The summed E-state index contributed by atoms with van der Waals surface area (Å²) in [4.78, 5) is 11.0. The Balaban J connectivity index is 1.83. The molecule has 6 nitrogen and oxygen atoms in total. The van der Waals surface area contributed by atoms with E-state index in [2.05, 4.69) is 39.6 Å². The van der Waals surface area contributed by atoms with Crippen LogP contribution in [-0.2, 0) is 6.42 Å². The molecular formula is C13H19N5OS. The lowest BCUT2D eigenvalue weighted by Gasteiger charge is -2.05. The van der Waals surface area contributed by atoms with E-state index >= 15 is 0 Å². The van der Waals surface area contributed by atoms with Crippen molar-refractivity contribution in [1.29, 1.82) is 0 Å². The smallest absolute Gasteiger partial charge is 0.264 e. The Morgan fingerprint density at radius 1 is 1.35 bits per heavy atom. The quantitative estimate of drug-likeness (QED) is 0.755. The van der Waals surface area contributed by atoms with E-state index in [4.69, 9.17) is 0 Å². The van der Waals surface area contributed by atoms with E-state index in [0.717, 1.165) is 35.9 Å². The zero-order valence-electron chi connectivity index (χ0n) is 11.7. The molecule has 2 rings (SSSR count). The van der Waals surface area contributed by atoms with Gasteiger partial charge >= 0.3 is 0 Å². The molecule has 0 fully saturated rings. The van der Waals surface area contributed by atoms with E-state index in [-0.39, 0.29) is 5.56 Å². The summed E-state index contributed by atoms with van der Waals surface area (Å²) < 4.78 is 0. The molecule has 0 spiro atoms. The molecule has 2 aromatic heterocycles. The lowest BCUT2D eigenvalue weighted by Crippen LogP contribution is -2.21. The van der Waals surface area contributed by atoms with Gasteiger partial charge in [-0.1, -0.05) is 25.2 Å². The highest BCUT2D eigenvalue weighted by molar-refractivity contribution is 7.14. The van der Waals surface area contributed by atoms with E-state index in [1.54, 1.807) is 6.07 Å². The second-order valence-corrected chi connectivity index (χ2v) is 6.07. The van der Waals surface area contributed by atoms with Crippen molar-refractivity contribution in [2.45, 2.75) is 26.7 Å². The molecule has 0 amide bonds. The summed E-state index contributed by atoms with van der Waals surface area (Å²) >= 11 is 1.52. The lowest BCUT2D eigenvalue weighted by molar-refractivity contribution is 0.542. The minimum absolute atomic E-state index is 0.213. The summed E-state index contributed by atoms with van der Waals surface area (Å²) in [6.07, 6.45) is 1.95. The van der Waals surface area contributed by atoms with Crippen LogP contribution in [0.25, 0.3) is 10.7 Å². The molecule has 0 atom stereocenters. The number of hydrogen-bond acceptors (Lipinski definition) is 6. The molecule has 0 saturated carbocycles. The van der Waals surface area contributed by atoms with Crippen LogP contribution in [0.5, 0.6) is 0 Å². The van der Waals surface area contributed by atoms with Crippen molar-refractivity contribution in [2.75, 3.05) is 13.1 Å². The van der Waals surface area contributed by atoms with Crippen molar-refractivity contribution in [1.82, 2.24) is 25.7 Å². The maximum absolute atomic E-state index is 11.0. The second kappa shape index (κ2) is 7.25. The van der Waals surface area contributed by atoms with Gasteiger partial charge in [0.2, 0.25) is 0 Å². The Kier molecular flexibility index (Phi) is 5.37. The zero-order chi connectivity index (χ0) is 14.4. The number of aromatic amines is 1. The molecule has 0 aromatic carbocycles. The van der Waals surface area contributed by atoms with Crippen LogP contribution in [-0.4, -0.2) is 33.5 Å². The third kappa shape index (κ3) is 4.50. The molecule has 0 unspecified atom stereocenters. The van der Waals surface area contributed by atoms with Crippen molar-refractivity contribution >= 4 is 11.3 Å². The van der Waals surface area contributed by atoms with Crippen molar-refractivity contribution in [2.24, 2.45) is 5.92 Å². The first kappa shape index (κ1) is 14.8. The van der Waals surface area contributed by atoms with E-state index in [9.17, 15) is 4.79 Å². The van der Waals surface area contributed by atoms with Crippen LogP contribution >= 0.6 is 11.3 Å². The fourth-order valence-electron chi connectivity index (χ4n) is 1.68. The minimum Gasteiger partial charge on any atom is -0.316 e. The first-order chi connectivity index (χ1) is 9.65. The number of nitrogens with one attached hydrogen (secondary N) is 2. The van der Waals surface area contributed by atoms with Crippen LogP contribution in [0.15, 0.2) is 16.9 Å². The number of hydrogen-bond donors (Lipinski definition) is 2. The van der Waals surface area contributed by atoms with Crippen molar-refractivity contribution in [3.05, 3.63) is 27.5 Å². The van der Waals surface area contributed by atoms with Gasteiger partial charge in [-0.2, -0.15) is 5.10 Å². The van der Waals surface area contributed by atoms with Crippen molar-refractivity contribution < 1.29 is 0 Å². The molecule has 2 heterocycles. The lowest BCUT2D eigenvalue weighted by atomic mass is 10.2. The highest BCUT2D eigenvalue weighted by Gasteiger charge is 2.07. The Morgan fingerprint density at radius 2 is 2.20 bits per heavy atom. The summed E-state index contributed by atoms with van der Waals surface area (Å²) in [5.41, 5.74) is 0.445. The SMILES string of the molecule is CC(C)CNCCCc1nnc(-c2ccc(=O)[nH]n2)s1. The van der Waals surface area contributed by atoms with Gasteiger partial charge in [0.1, 0.15) is 10.7 Å². The number of aromatic nitrogens is 4. The fraction of sp³-hybridized carbons (Fsp3) is 0.538. The normalized spacial score (nSPS) is 11.2. The first-order valence-electron chi connectivity index (χ1n) is 6.74. The Labute approximate surface area is 121 Å². The molecule has 108 valence electrons. The predicted molar refractivity (Wildman–Crippen MR) is 79.8 cm³/mol. The van der Waals surface area contributed by atoms with E-state index < -0.39 is 0 Å². The van der Waals surface area contributed by atoms with Gasteiger partial charge in [0.15, 0.2) is 5.01 Å². The van der Waals surface area contributed by atoms with Gasteiger partial charge in [0, 0.05) is 12.5 Å². The van der Waals surface area contributed by atoms with Gasteiger partial charge in [-0.15, -0.1) is 10.2 Å². The van der Waals surface area contributed by atoms with Crippen molar-refractivity contribution in [3.63, 3.8) is 0 Å². The summed E-state index contributed by atoms with van der Waals surface area (Å²) in [6.45, 7) is 6.43. The predicted octanol–water partition coefficient (Wildman–Crippen LogP) is 1.47. The monoisotopic (exact) mass is 293 g/mol. The molecule has 0 aliphatic heterocycles. The summed E-state index contributed by atoms with van der Waals surface area (Å²) in [7, 11) is 0. The fourth-order valence-corrected chi connectivity index (χ4v) is 2.53. The molecule has 0 aliphatic carbocycles. The van der Waals surface area contributed by atoms with E-state index in [1.165, 1.54) is 17.4 Å². The van der Waals surface area contributed by atoms with Gasteiger partial charge in [-0.25, -0.2) is 5.10 Å². The first-order valence-corrected chi connectivity index (χ1v) is 7.56. The van der Waals surface area contributed by atoms with Crippen LogP contribution in [0.2, 0.25) is 0 Å². The molecule has 0 saturated heterocycles. The average Bonchev–Trinajstić information content (AvgIpc) is 2.87. The molecule has 7 heteroatoms. The molecule has 0 radical (unpaired) electrons. The molecule has 2 N–H and O–H groups in total. The number of H-pyrrole nitrogens is 1. The molecular weight excluding hydrogens is 274 g/mol. The number of rotatable bonds is 7. The zero-order valence-corrected chi connectivity index (χ0v) is 12.5. The maximum atomic E-state index is 11.0. The van der Waals surface area contributed by atoms with Crippen LogP contribution in [0.4, 0.5) is 0 Å². The number of nitrogens with zero attached hydrogens (tertiary/aromatic N) is 3. The van der Waals surface area contributed by atoms with E-state index in [0.29, 0.717) is 11.6 Å². The van der Waals surface area contributed by atoms with Crippen molar-refractivity contribution in [3.8, 4) is 10.7 Å². The van der Waals surface area contributed by atoms with Gasteiger partial charge in [0.25, 0.3) is 5.56 Å². The summed E-state index contributed by atoms with van der Waals surface area (Å²) in [6, 6.07) is 3.10. The van der Waals surface area contributed by atoms with Crippen LogP contribution in [0.3, 0.4) is 0 Å². The Morgan fingerprint density at radius 3 is 2.90 bits per heavy atom. The third-order valence-corrected chi connectivity index (χ3v) is 3.67. The standard InChI is InChI=1S/C13H19N5OS/c1-9(2)8-14-7-3-4-12-17-18-13(20-12)10-5-6-11(19)16-15-10/h5-6,9,14H,3-4,7-8H2,1-2H3,(H,16,19). The maximum Gasteiger partial charge on any atom is 0.264 e. The number of aryl methyl sites for hydroxylation is 1. The van der Waals surface area contributed by atoms with Crippen LogP contribution < -0.4 is 10.9 Å². The second-order valence-electron chi connectivity index (χ2n) is 5.01. The van der Waals surface area contributed by atoms with Gasteiger partial charge in [-0.05, 0) is 31.5 Å². The minimum atomic E-state index is -0.213. The Bertz CT molecular complexity index is 572. The highest BCUT2D eigenvalue weighted by Crippen LogP contribution is 2.20. The molecule has 2 aromatic rings. The molecule has 20 heavy (non-hydrogen) atoms. The van der Waals surface area contributed by atoms with Gasteiger partial charge in [0.05, 0.1) is 0 Å². The summed E-state index contributed by atoms with van der Waals surface area (Å²) in [5.74, 6) is 0.675. The third-order valence-electron chi connectivity index (χ3n) is 2.66. The topological polar surface area (TPSA) is 83.6 Å². The molecule has 0 bridgehead atoms. The Hall–Kier alpha value is -1.60. The van der Waals surface area contributed by atoms with Crippen LogP contribution in [0.1, 0.15) is 25.3 Å². The average molecular weight is 293 g/mol. The van der Waals surface area contributed by atoms with E-state index in [1.807, 2.05) is 0 Å². The molecule has 0 aliphatic rings.